The summed E-state index contributed by atoms with van der Waals surface area (Å²) in [6.07, 6.45) is 0. The lowest BCUT2D eigenvalue weighted by Crippen LogP contribution is -2.47. The van der Waals surface area contributed by atoms with Gasteiger partial charge in [-0.2, -0.15) is 0 Å². The number of hydrogen-bond donors (Lipinski definition) is 0. The molecule has 8 heteroatoms. The maximum absolute atomic E-state index is 13.3. The third-order valence-corrected chi connectivity index (χ3v) is 6.54. The van der Waals surface area contributed by atoms with Crippen molar-refractivity contribution in [2.24, 2.45) is 0 Å². The molecule has 0 amide bonds. The largest absolute Gasteiger partial charge is 0.368 e. The average Bonchev–Trinajstić information content (AvgIpc) is 3.30. The molecule has 0 bridgehead atoms. The van der Waals surface area contributed by atoms with Gasteiger partial charge in [-0.1, -0.05) is 30.3 Å². The molecule has 1 aliphatic heterocycles. The number of benzene rings is 3. The monoisotopic (exact) mass is 466 g/mol. The Kier molecular flexibility index (Phi) is 5.13. The zero-order valence-corrected chi connectivity index (χ0v) is 19.2. The minimum absolute atomic E-state index is 0.0348. The molecule has 1 aliphatic rings. The molecule has 35 heavy (non-hydrogen) atoms. The van der Waals surface area contributed by atoms with E-state index in [-0.39, 0.29) is 11.6 Å². The molecule has 0 saturated carbocycles. The Balaban J connectivity index is 1.35. The zero-order valence-electron chi connectivity index (χ0n) is 19.2. The maximum atomic E-state index is 13.3. The highest BCUT2D eigenvalue weighted by molar-refractivity contribution is 6.10. The number of halogens is 1. The summed E-state index contributed by atoms with van der Waals surface area (Å²) >= 11 is 0. The third kappa shape index (κ3) is 3.77. The van der Waals surface area contributed by atoms with Gasteiger partial charge in [0.1, 0.15) is 11.6 Å². The molecule has 0 radical (unpaired) electrons. The molecule has 174 valence electrons. The molecular weight excluding hydrogens is 443 g/mol. The van der Waals surface area contributed by atoms with E-state index in [4.69, 9.17) is 4.98 Å². The fourth-order valence-corrected chi connectivity index (χ4v) is 4.69. The SMILES string of the molecule is Cc1nnc2c(N3CCN(c4ccc(F)cc4)CC3)nc3ccc(C(=O)c4ccccc4)cc3n12. The molecule has 0 aliphatic carbocycles. The van der Waals surface area contributed by atoms with Crippen molar-refractivity contribution in [2.45, 2.75) is 6.92 Å². The maximum Gasteiger partial charge on any atom is 0.204 e. The van der Waals surface area contributed by atoms with Crippen LogP contribution >= 0.6 is 0 Å². The Morgan fingerprint density at radius 3 is 2.29 bits per heavy atom. The first kappa shape index (κ1) is 21.2. The number of aromatic nitrogens is 4. The van der Waals surface area contributed by atoms with Gasteiger partial charge in [0.15, 0.2) is 11.6 Å². The summed E-state index contributed by atoms with van der Waals surface area (Å²) in [7, 11) is 0. The summed E-state index contributed by atoms with van der Waals surface area (Å²) < 4.78 is 15.3. The van der Waals surface area contributed by atoms with E-state index in [0.29, 0.717) is 16.8 Å². The van der Waals surface area contributed by atoms with Crippen LogP contribution in [0.3, 0.4) is 0 Å². The standard InChI is InChI=1S/C27H23FN6O/c1-18-30-31-27-26(33-15-13-32(14-16-33)22-10-8-21(28)9-11-22)29-23-12-7-20(17-24(23)34(18)27)25(35)19-5-3-2-4-6-19/h2-12,17H,13-16H2,1H3. The van der Waals surface area contributed by atoms with E-state index in [1.165, 1.54) is 12.1 Å². The zero-order chi connectivity index (χ0) is 23.9. The second kappa shape index (κ2) is 8.47. The van der Waals surface area contributed by atoms with Gasteiger partial charge in [-0.25, -0.2) is 9.37 Å². The number of rotatable bonds is 4. The van der Waals surface area contributed by atoms with Gasteiger partial charge in [0.25, 0.3) is 0 Å². The van der Waals surface area contributed by atoms with Crippen molar-refractivity contribution >= 4 is 34.0 Å². The Hall–Kier alpha value is -4.33. The Morgan fingerprint density at radius 2 is 1.54 bits per heavy atom. The lowest BCUT2D eigenvalue weighted by molar-refractivity contribution is 0.103. The number of aryl methyl sites for hydroxylation is 1. The molecule has 0 spiro atoms. The van der Waals surface area contributed by atoms with E-state index in [2.05, 4.69) is 20.0 Å². The van der Waals surface area contributed by atoms with Gasteiger partial charge in [-0.05, 0) is 49.4 Å². The predicted molar refractivity (Wildman–Crippen MR) is 134 cm³/mol. The second-order valence-electron chi connectivity index (χ2n) is 8.69. The predicted octanol–water partition coefficient (Wildman–Crippen LogP) is 4.28. The summed E-state index contributed by atoms with van der Waals surface area (Å²) in [4.78, 5) is 22.4. The van der Waals surface area contributed by atoms with Crippen molar-refractivity contribution < 1.29 is 9.18 Å². The van der Waals surface area contributed by atoms with Crippen molar-refractivity contribution in [3.05, 3.63) is 95.6 Å². The van der Waals surface area contributed by atoms with E-state index in [9.17, 15) is 9.18 Å². The molecule has 0 N–H and O–H groups in total. The molecule has 6 rings (SSSR count). The van der Waals surface area contributed by atoms with Crippen molar-refractivity contribution in [3.8, 4) is 0 Å². The summed E-state index contributed by atoms with van der Waals surface area (Å²) in [6.45, 7) is 4.98. The molecule has 1 saturated heterocycles. The number of fused-ring (bicyclic) bond motifs is 3. The van der Waals surface area contributed by atoms with Crippen LogP contribution < -0.4 is 9.80 Å². The number of carbonyl (C=O) groups is 1. The molecule has 5 aromatic rings. The average molecular weight is 467 g/mol. The number of hydrogen-bond acceptors (Lipinski definition) is 6. The second-order valence-corrected chi connectivity index (χ2v) is 8.69. The summed E-state index contributed by atoms with van der Waals surface area (Å²) in [6, 6.07) is 21.5. The summed E-state index contributed by atoms with van der Waals surface area (Å²) in [5.74, 6) is 1.25. The first-order chi connectivity index (χ1) is 17.1. The van der Waals surface area contributed by atoms with E-state index < -0.39 is 0 Å². The highest BCUT2D eigenvalue weighted by Crippen LogP contribution is 2.27. The highest BCUT2D eigenvalue weighted by atomic mass is 19.1. The van der Waals surface area contributed by atoms with Gasteiger partial charge >= 0.3 is 0 Å². The van der Waals surface area contributed by atoms with E-state index in [1.807, 2.05) is 72.0 Å². The third-order valence-electron chi connectivity index (χ3n) is 6.54. The minimum atomic E-state index is -0.231. The molecule has 3 heterocycles. The first-order valence-corrected chi connectivity index (χ1v) is 11.6. The Bertz CT molecular complexity index is 1540. The van der Waals surface area contributed by atoms with Crippen LogP contribution in [0.4, 0.5) is 15.9 Å². The van der Waals surface area contributed by atoms with Crippen molar-refractivity contribution in [2.75, 3.05) is 36.0 Å². The fourth-order valence-electron chi connectivity index (χ4n) is 4.69. The number of nitrogens with zero attached hydrogens (tertiary/aromatic N) is 6. The van der Waals surface area contributed by atoms with Crippen LogP contribution in [0.15, 0.2) is 72.8 Å². The molecule has 2 aromatic heterocycles. The molecule has 7 nitrogen and oxygen atoms in total. The van der Waals surface area contributed by atoms with Gasteiger partial charge < -0.3 is 9.80 Å². The van der Waals surface area contributed by atoms with Crippen LogP contribution in [0.25, 0.3) is 16.7 Å². The number of ketones is 1. The van der Waals surface area contributed by atoms with Crippen molar-refractivity contribution in [3.63, 3.8) is 0 Å². The first-order valence-electron chi connectivity index (χ1n) is 11.6. The van der Waals surface area contributed by atoms with Crippen LogP contribution in [0, 0.1) is 12.7 Å². The van der Waals surface area contributed by atoms with Crippen LogP contribution in [-0.2, 0) is 0 Å². The Morgan fingerprint density at radius 1 is 0.829 bits per heavy atom. The highest BCUT2D eigenvalue weighted by Gasteiger charge is 2.23. The molecule has 0 unspecified atom stereocenters. The normalized spacial score (nSPS) is 14.1. The lowest BCUT2D eigenvalue weighted by Gasteiger charge is -2.36. The minimum Gasteiger partial charge on any atom is -0.368 e. The Labute approximate surface area is 201 Å². The lowest BCUT2D eigenvalue weighted by atomic mass is 10.0. The molecule has 1 fully saturated rings. The number of piperazine rings is 1. The fraction of sp³-hybridized carbons (Fsp3) is 0.185. The van der Waals surface area contributed by atoms with E-state index in [0.717, 1.165) is 54.5 Å². The molecule has 0 atom stereocenters. The van der Waals surface area contributed by atoms with Gasteiger partial charge in [0.05, 0.1) is 11.0 Å². The number of carbonyl (C=O) groups excluding carboxylic acids is 1. The van der Waals surface area contributed by atoms with Crippen LogP contribution in [-0.4, -0.2) is 51.5 Å². The van der Waals surface area contributed by atoms with Gasteiger partial charge in [0.2, 0.25) is 5.65 Å². The molecular formula is C27H23FN6O. The summed E-state index contributed by atoms with van der Waals surface area (Å²) in [5.41, 5.74) is 4.51. The van der Waals surface area contributed by atoms with Crippen molar-refractivity contribution in [1.29, 1.82) is 0 Å². The van der Waals surface area contributed by atoms with Crippen molar-refractivity contribution in [1.82, 2.24) is 19.6 Å². The van der Waals surface area contributed by atoms with Crippen LogP contribution in [0.5, 0.6) is 0 Å². The van der Waals surface area contributed by atoms with Crippen LogP contribution in [0.1, 0.15) is 21.7 Å². The van der Waals surface area contributed by atoms with Gasteiger partial charge in [0, 0.05) is 43.0 Å². The van der Waals surface area contributed by atoms with Gasteiger partial charge in [-0.15, -0.1) is 10.2 Å². The number of anilines is 2. The smallest absolute Gasteiger partial charge is 0.204 e. The van der Waals surface area contributed by atoms with Gasteiger partial charge in [-0.3, -0.25) is 9.20 Å². The summed E-state index contributed by atoms with van der Waals surface area (Å²) in [5, 5.41) is 8.75. The van der Waals surface area contributed by atoms with E-state index in [1.54, 1.807) is 0 Å². The topological polar surface area (TPSA) is 66.6 Å². The van der Waals surface area contributed by atoms with E-state index >= 15 is 0 Å². The molecule has 3 aromatic carbocycles. The quantitative estimate of drug-likeness (QED) is 0.368. The van der Waals surface area contributed by atoms with Crippen LogP contribution in [0.2, 0.25) is 0 Å².